The molecule has 4 heteroatoms. The summed E-state index contributed by atoms with van der Waals surface area (Å²) in [6, 6.07) is 4.55. The fourth-order valence-electron chi connectivity index (χ4n) is 1.87. The molecule has 0 fully saturated rings. The Labute approximate surface area is 106 Å². The summed E-state index contributed by atoms with van der Waals surface area (Å²) in [5.41, 5.74) is 1.27. The summed E-state index contributed by atoms with van der Waals surface area (Å²) in [4.78, 5) is 8.50. The monoisotopic (exact) mass is 247 g/mol. The highest BCUT2D eigenvalue weighted by Gasteiger charge is 2.10. The van der Waals surface area contributed by atoms with Gasteiger partial charge in [-0.05, 0) is 24.6 Å². The summed E-state index contributed by atoms with van der Waals surface area (Å²) in [5.74, 6) is 0. The van der Waals surface area contributed by atoms with E-state index in [1.165, 1.54) is 10.6 Å². The van der Waals surface area contributed by atoms with Gasteiger partial charge in [0.15, 0.2) is 0 Å². The van der Waals surface area contributed by atoms with Crippen molar-refractivity contribution in [3.8, 4) is 0 Å². The number of pyridine rings is 1. The minimum atomic E-state index is 0.440. The van der Waals surface area contributed by atoms with Crippen molar-refractivity contribution in [2.24, 2.45) is 0 Å². The van der Waals surface area contributed by atoms with Crippen molar-refractivity contribution in [1.82, 2.24) is 15.3 Å². The second-order valence-corrected chi connectivity index (χ2v) is 4.93. The lowest BCUT2D eigenvalue weighted by Crippen LogP contribution is -2.33. The number of likely N-dealkylation sites (N-methyl/N-ethyl adjacent to an activating group) is 1. The summed E-state index contributed by atoms with van der Waals surface area (Å²) >= 11 is 1.72. The molecule has 0 spiro atoms. The largest absolute Gasteiger partial charge is 0.314 e. The SMILES string of the molecule is CCNC(Cc1cccnc1)Cc1nccs1. The van der Waals surface area contributed by atoms with Crippen LogP contribution in [-0.2, 0) is 12.8 Å². The Morgan fingerprint density at radius 3 is 2.94 bits per heavy atom. The van der Waals surface area contributed by atoms with Crippen molar-refractivity contribution < 1.29 is 0 Å². The molecule has 2 rings (SSSR count). The molecule has 17 heavy (non-hydrogen) atoms. The van der Waals surface area contributed by atoms with Gasteiger partial charge in [0.1, 0.15) is 0 Å². The number of thiazole rings is 1. The third-order valence-electron chi connectivity index (χ3n) is 2.60. The van der Waals surface area contributed by atoms with Crippen molar-refractivity contribution in [3.63, 3.8) is 0 Å². The number of nitrogens with one attached hydrogen (secondary N) is 1. The third kappa shape index (κ3) is 3.91. The molecule has 1 atom stereocenters. The van der Waals surface area contributed by atoms with Crippen LogP contribution in [0.5, 0.6) is 0 Å². The molecule has 1 unspecified atom stereocenters. The van der Waals surface area contributed by atoms with Gasteiger partial charge in [-0.25, -0.2) is 4.98 Å². The second kappa shape index (κ2) is 6.47. The average Bonchev–Trinajstić information content (AvgIpc) is 2.83. The van der Waals surface area contributed by atoms with E-state index >= 15 is 0 Å². The van der Waals surface area contributed by atoms with Crippen LogP contribution < -0.4 is 5.32 Å². The highest BCUT2D eigenvalue weighted by molar-refractivity contribution is 7.09. The van der Waals surface area contributed by atoms with E-state index in [2.05, 4.69) is 28.3 Å². The van der Waals surface area contributed by atoms with E-state index in [9.17, 15) is 0 Å². The van der Waals surface area contributed by atoms with E-state index in [0.29, 0.717) is 6.04 Å². The molecule has 2 aromatic rings. The predicted octanol–water partition coefficient (Wildman–Crippen LogP) is 2.30. The van der Waals surface area contributed by atoms with Gasteiger partial charge in [0.2, 0.25) is 0 Å². The number of hydrogen-bond acceptors (Lipinski definition) is 4. The maximum Gasteiger partial charge on any atom is 0.0940 e. The van der Waals surface area contributed by atoms with Gasteiger partial charge >= 0.3 is 0 Å². The van der Waals surface area contributed by atoms with E-state index in [4.69, 9.17) is 0 Å². The van der Waals surface area contributed by atoms with Crippen molar-refractivity contribution >= 4 is 11.3 Å². The summed E-state index contributed by atoms with van der Waals surface area (Å²) in [6.07, 6.45) is 7.60. The molecule has 0 aromatic carbocycles. The fraction of sp³-hybridized carbons (Fsp3) is 0.385. The first kappa shape index (κ1) is 12.2. The molecule has 0 radical (unpaired) electrons. The Morgan fingerprint density at radius 2 is 2.29 bits per heavy atom. The number of nitrogens with zero attached hydrogens (tertiary/aromatic N) is 2. The summed E-state index contributed by atoms with van der Waals surface area (Å²) in [7, 11) is 0. The van der Waals surface area contributed by atoms with Crippen molar-refractivity contribution in [2.45, 2.75) is 25.8 Å². The Hall–Kier alpha value is -1.26. The van der Waals surface area contributed by atoms with E-state index in [1.54, 1.807) is 11.3 Å². The summed E-state index contributed by atoms with van der Waals surface area (Å²) in [6.45, 7) is 3.12. The van der Waals surface area contributed by atoms with Gasteiger partial charge < -0.3 is 5.32 Å². The van der Waals surface area contributed by atoms with Crippen molar-refractivity contribution in [2.75, 3.05) is 6.54 Å². The average molecular weight is 247 g/mol. The van der Waals surface area contributed by atoms with Crippen LogP contribution in [0.4, 0.5) is 0 Å². The third-order valence-corrected chi connectivity index (χ3v) is 3.40. The first-order chi connectivity index (χ1) is 8.38. The standard InChI is InChI=1S/C13H17N3S/c1-2-15-12(9-13-16-6-7-17-13)8-11-4-3-5-14-10-11/h3-7,10,12,15H,2,8-9H2,1H3. The van der Waals surface area contributed by atoms with Crippen molar-refractivity contribution in [3.05, 3.63) is 46.7 Å². The molecule has 0 saturated heterocycles. The van der Waals surface area contributed by atoms with Gasteiger partial charge in [-0.15, -0.1) is 11.3 Å². The van der Waals surface area contributed by atoms with Crippen molar-refractivity contribution in [1.29, 1.82) is 0 Å². The first-order valence-corrected chi connectivity index (χ1v) is 6.77. The fourth-order valence-corrected chi connectivity index (χ4v) is 2.57. The number of rotatable bonds is 6. The topological polar surface area (TPSA) is 37.8 Å². The second-order valence-electron chi connectivity index (χ2n) is 3.95. The number of aromatic nitrogens is 2. The molecule has 2 aromatic heterocycles. The van der Waals surface area contributed by atoms with E-state index in [-0.39, 0.29) is 0 Å². The van der Waals surface area contributed by atoms with Gasteiger partial charge in [0.25, 0.3) is 0 Å². The molecule has 90 valence electrons. The molecule has 1 N–H and O–H groups in total. The van der Waals surface area contributed by atoms with Crippen LogP contribution in [0.2, 0.25) is 0 Å². The van der Waals surface area contributed by atoms with Gasteiger partial charge in [-0.3, -0.25) is 4.98 Å². The molecular formula is C13H17N3S. The van der Waals surface area contributed by atoms with Crippen LogP contribution in [0.1, 0.15) is 17.5 Å². The molecule has 0 aliphatic carbocycles. The van der Waals surface area contributed by atoms with E-state index in [1.807, 2.05) is 30.0 Å². The maximum absolute atomic E-state index is 4.34. The zero-order chi connectivity index (χ0) is 11.9. The maximum atomic E-state index is 4.34. The minimum absolute atomic E-state index is 0.440. The van der Waals surface area contributed by atoms with Crippen LogP contribution >= 0.6 is 11.3 Å². The molecule has 0 aliphatic rings. The van der Waals surface area contributed by atoms with Crippen LogP contribution in [0.3, 0.4) is 0 Å². The van der Waals surface area contributed by atoms with Crippen LogP contribution in [0, 0.1) is 0 Å². The lowest BCUT2D eigenvalue weighted by molar-refractivity contribution is 0.520. The van der Waals surface area contributed by atoms with E-state index < -0.39 is 0 Å². The van der Waals surface area contributed by atoms with E-state index in [0.717, 1.165) is 19.4 Å². The smallest absolute Gasteiger partial charge is 0.0940 e. The van der Waals surface area contributed by atoms with Gasteiger partial charge in [0.05, 0.1) is 5.01 Å². The molecule has 0 amide bonds. The summed E-state index contributed by atoms with van der Waals surface area (Å²) in [5, 5.41) is 6.73. The Balaban J connectivity index is 1.97. The normalized spacial score (nSPS) is 12.5. The Kier molecular flexibility index (Phi) is 4.64. The molecule has 3 nitrogen and oxygen atoms in total. The highest BCUT2D eigenvalue weighted by Crippen LogP contribution is 2.10. The molecule has 0 aliphatic heterocycles. The van der Waals surface area contributed by atoms with Crippen LogP contribution in [0.15, 0.2) is 36.1 Å². The van der Waals surface area contributed by atoms with Crippen LogP contribution in [0.25, 0.3) is 0 Å². The zero-order valence-corrected chi connectivity index (χ0v) is 10.8. The summed E-state index contributed by atoms with van der Waals surface area (Å²) < 4.78 is 0. The zero-order valence-electron chi connectivity index (χ0n) is 9.97. The van der Waals surface area contributed by atoms with Gasteiger partial charge in [-0.2, -0.15) is 0 Å². The Bertz CT molecular complexity index is 413. The molecule has 2 heterocycles. The predicted molar refractivity (Wildman–Crippen MR) is 71.2 cm³/mol. The molecular weight excluding hydrogens is 230 g/mol. The van der Waals surface area contributed by atoms with Gasteiger partial charge in [-0.1, -0.05) is 13.0 Å². The molecule has 0 bridgehead atoms. The lowest BCUT2D eigenvalue weighted by atomic mass is 10.1. The highest BCUT2D eigenvalue weighted by atomic mass is 32.1. The van der Waals surface area contributed by atoms with Gasteiger partial charge in [0, 0.05) is 36.4 Å². The first-order valence-electron chi connectivity index (χ1n) is 5.89. The quantitative estimate of drug-likeness (QED) is 0.851. The molecule has 0 saturated carbocycles. The minimum Gasteiger partial charge on any atom is -0.314 e. The van der Waals surface area contributed by atoms with Crippen LogP contribution in [-0.4, -0.2) is 22.6 Å². The Morgan fingerprint density at radius 1 is 1.35 bits per heavy atom. The number of hydrogen-bond donors (Lipinski definition) is 1. The lowest BCUT2D eigenvalue weighted by Gasteiger charge is -2.16.